The van der Waals surface area contributed by atoms with Gasteiger partial charge in [-0.05, 0) is 19.8 Å². The van der Waals surface area contributed by atoms with Gasteiger partial charge in [0, 0.05) is 6.04 Å². The van der Waals surface area contributed by atoms with Crippen molar-refractivity contribution in [3.8, 4) is 0 Å². The maximum absolute atomic E-state index is 3.39. The van der Waals surface area contributed by atoms with Crippen LogP contribution in [0.25, 0.3) is 0 Å². The number of nitrogens with one attached hydrogen (secondary N) is 2. The van der Waals surface area contributed by atoms with Gasteiger partial charge in [0.2, 0.25) is 0 Å². The van der Waals surface area contributed by atoms with Crippen molar-refractivity contribution in [2.75, 3.05) is 6.67 Å². The molecule has 0 bridgehead atoms. The number of nitrogens with zero attached hydrogens (tertiary/aromatic N) is 1. The van der Waals surface area contributed by atoms with Gasteiger partial charge in [-0.15, -0.1) is 0 Å². The second kappa shape index (κ2) is 5.58. The van der Waals surface area contributed by atoms with Crippen LogP contribution in [-0.2, 0) is 0 Å². The standard InChI is InChI=1S/C10H23N3/c1-4-6-7-10(5-2)13-9(3)11-8-12-13/h9-12H,4-8H2,1-3H3. The molecule has 1 aliphatic heterocycles. The van der Waals surface area contributed by atoms with Gasteiger partial charge in [-0.1, -0.05) is 26.7 Å². The fraction of sp³-hybridized carbons (Fsp3) is 1.00. The molecule has 1 fully saturated rings. The topological polar surface area (TPSA) is 27.3 Å². The van der Waals surface area contributed by atoms with Gasteiger partial charge in [0.05, 0.1) is 12.8 Å². The van der Waals surface area contributed by atoms with Crippen molar-refractivity contribution >= 4 is 0 Å². The largest absolute Gasteiger partial charge is 0.287 e. The molecule has 0 aliphatic carbocycles. The molecular weight excluding hydrogens is 162 g/mol. The zero-order valence-electron chi connectivity index (χ0n) is 9.14. The lowest BCUT2D eigenvalue weighted by atomic mass is 10.1. The molecule has 1 heterocycles. The van der Waals surface area contributed by atoms with Crippen LogP contribution in [0.3, 0.4) is 0 Å². The number of hydrogen-bond donors (Lipinski definition) is 2. The first-order valence-electron chi connectivity index (χ1n) is 5.54. The summed E-state index contributed by atoms with van der Waals surface area (Å²) in [5, 5.41) is 5.75. The van der Waals surface area contributed by atoms with Gasteiger partial charge in [-0.2, -0.15) is 0 Å². The van der Waals surface area contributed by atoms with E-state index in [1.807, 2.05) is 0 Å². The second-order valence-electron chi connectivity index (χ2n) is 3.83. The summed E-state index contributed by atoms with van der Waals surface area (Å²) < 4.78 is 0. The van der Waals surface area contributed by atoms with E-state index in [1.165, 1.54) is 25.7 Å². The normalized spacial score (nSPS) is 26.5. The first kappa shape index (κ1) is 11.0. The van der Waals surface area contributed by atoms with Crippen LogP contribution in [0.1, 0.15) is 46.5 Å². The van der Waals surface area contributed by atoms with Crippen LogP contribution in [0.15, 0.2) is 0 Å². The first-order valence-corrected chi connectivity index (χ1v) is 5.54. The van der Waals surface area contributed by atoms with Crippen molar-refractivity contribution in [3.05, 3.63) is 0 Å². The van der Waals surface area contributed by atoms with Crippen LogP contribution in [-0.4, -0.2) is 23.9 Å². The molecule has 0 radical (unpaired) electrons. The summed E-state index contributed by atoms with van der Waals surface area (Å²) >= 11 is 0. The van der Waals surface area contributed by atoms with Gasteiger partial charge in [-0.25, -0.2) is 10.4 Å². The molecule has 13 heavy (non-hydrogen) atoms. The molecule has 0 amide bonds. The maximum atomic E-state index is 3.39. The SMILES string of the molecule is CCCCC(CC)N1NCNC1C. The van der Waals surface area contributed by atoms with Crippen molar-refractivity contribution in [2.45, 2.75) is 58.7 Å². The van der Waals surface area contributed by atoms with E-state index < -0.39 is 0 Å². The quantitative estimate of drug-likeness (QED) is 0.682. The summed E-state index contributed by atoms with van der Waals surface area (Å²) in [6.45, 7) is 7.66. The monoisotopic (exact) mass is 185 g/mol. The summed E-state index contributed by atoms with van der Waals surface area (Å²) in [5.74, 6) is 0. The van der Waals surface area contributed by atoms with E-state index >= 15 is 0 Å². The summed E-state index contributed by atoms with van der Waals surface area (Å²) in [7, 11) is 0. The molecule has 2 atom stereocenters. The minimum absolute atomic E-state index is 0.488. The Morgan fingerprint density at radius 3 is 2.69 bits per heavy atom. The van der Waals surface area contributed by atoms with E-state index in [1.54, 1.807) is 0 Å². The van der Waals surface area contributed by atoms with Gasteiger partial charge < -0.3 is 0 Å². The highest BCUT2D eigenvalue weighted by Crippen LogP contribution is 2.14. The summed E-state index contributed by atoms with van der Waals surface area (Å²) in [5.41, 5.74) is 3.39. The van der Waals surface area contributed by atoms with Crippen molar-refractivity contribution in [1.82, 2.24) is 15.8 Å². The number of rotatable bonds is 5. The molecule has 0 aromatic heterocycles. The zero-order chi connectivity index (χ0) is 9.68. The fourth-order valence-corrected chi connectivity index (χ4v) is 1.94. The summed E-state index contributed by atoms with van der Waals surface area (Å²) in [4.78, 5) is 0. The smallest absolute Gasteiger partial charge is 0.0717 e. The van der Waals surface area contributed by atoms with Crippen LogP contribution >= 0.6 is 0 Å². The third-order valence-corrected chi connectivity index (χ3v) is 2.83. The Kier molecular flexibility index (Phi) is 4.70. The summed E-state index contributed by atoms with van der Waals surface area (Å²) in [6.07, 6.45) is 5.67. The molecule has 0 aromatic carbocycles. The van der Waals surface area contributed by atoms with Gasteiger partial charge in [0.15, 0.2) is 0 Å². The van der Waals surface area contributed by atoms with E-state index in [2.05, 4.69) is 36.5 Å². The number of hydrazine groups is 1. The molecule has 0 saturated carbocycles. The maximum Gasteiger partial charge on any atom is 0.0717 e. The lowest BCUT2D eigenvalue weighted by Crippen LogP contribution is -2.45. The summed E-state index contributed by atoms with van der Waals surface area (Å²) in [6, 6.07) is 0.699. The molecule has 1 saturated heterocycles. The molecule has 1 rings (SSSR count). The number of hydrogen-bond acceptors (Lipinski definition) is 3. The van der Waals surface area contributed by atoms with Crippen molar-refractivity contribution < 1.29 is 0 Å². The van der Waals surface area contributed by atoms with E-state index in [0.717, 1.165) is 6.67 Å². The average Bonchev–Trinajstić information content (AvgIpc) is 2.54. The Morgan fingerprint density at radius 2 is 2.23 bits per heavy atom. The van der Waals surface area contributed by atoms with Gasteiger partial charge >= 0.3 is 0 Å². The fourth-order valence-electron chi connectivity index (χ4n) is 1.94. The Bertz CT molecular complexity index is 138. The molecule has 2 N–H and O–H groups in total. The Balaban J connectivity index is 2.35. The Labute approximate surface area is 81.8 Å². The highest BCUT2D eigenvalue weighted by Gasteiger charge is 2.25. The van der Waals surface area contributed by atoms with Crippen LogP contribution in [0.2, 0.25) is 0 Å². The molecule has 3 heteroatoms. The number of unbranched alkanes of at least 4 members (excludes halogenated alkanes) is 1. The predicted octanol–water partition coefficient (Wildman–Crippen LogP) is 1.67. The van der Waals surface area contributed by atoms with Crippen LogP contribution in [0.5, 0.6) is 0 Å². The van der Waals surface area contributed by atoms with Crippen LogP contribution < -0.4 is 10.7 Å². The molecule has 0 spiro atoms. The first-order chi connectivity index (χ1) is 6.29. The van der Waals surface area contributed by atoms with Gasteiger partial charge in [-0.3, -0.25) is 5.32 Å². The molecule has 2 unspecified atom stereocenters. The Hall–Kier alpha value is -0.120. The second-order valence-corrected chi connectivity index (χ2v) is 3.83. The average molecular weight is 185 g/mol. The molecular formula is C10H23N3. The predicted molar refractivity (Wildman–Crippen MR) is 56.0 cm³/mol. The van der Waals surface area contributed by atoms with Crippen molar-refractivity contribution in [2.24, 2.45) is 0 Å². The lowest BCUT2D eigenvalue weighted by molar-refractivity contribution is 0.112. The van der Waals surface area contributed by atoms with Crippen LogP contribution in [0.4, 0.5) is 0 Å². The minimum Gasteiger partial charge on any atom is -0.287 e. The van der Waals surface area contributed by atoms with E-state index in [0.29, 0.717) is 12.2 Å². The van der Waals surface area contributed by atoms with E-state index in [-0.39, 0.29) is 0 Å². The molecule has 0 aromatic rings. The highest BCUT2D eigenvalue weighted by molar-refractivity contribution is 4.75. The lowest BCUT2D eigenvalue weighted by Gasteiger charge is -2.29. The van der Waals surface area contributed by atoms with Crippen molar-refractivity contribution in [3.63, 3.8) is 0 Å². The van der Waals surface area contributed by atoms with Crippen LogP contribution in [0, 0.1) is 0 Å². The minimum atomic E-state index is 0.488. The Morgan fingerprint density at radius 1 is 1.46 bits per heavy atom. The van der Waals surface area contributed by atoms with E-state index in [4.69, 9.17) is 0 Å². The third-order valence-electron chi connectivity index (χ3n) is 2.83. The van der Waals surface area contributed by atoms with Crippen molar-refractivity contribution in [1.29, 1.82) is 0 Å². The van der Waals surface area contributed by atoms with Gasteiger partial charge in [0.1, 0.15) is 0 Å². The highest BCUT2D eigenvalue weighted by atomic mass is 15.6. The molecule has 78 valence electrons. The zero-order valence-corrected chi connectivity index (χ0v) is 9.14. The van der Waals surface area contributed by atoms with E-state index in [9.17, 15) is 0 Å². The third kappa shape index (κ3) is 2.93. The molecule has 1 aliphatic rings. The molecule has 3 nitrogen and oxygen atoms in total. The van der Waals surface area contributed by atoms with Gasteiger partial charge in [0.25, 0.3) is 0 Å².